The molecule has 0 bridgehead atoms. The molecule has 0 aromatic carbocycles. The first-order valence-corrected chi connectivity index (χ1v) is 8.46. The molecule has 0 aromatic rings. The van der Waals surface area contributed by atoms with Crippen LogP contribution in [0.1, 0.15) is 59.8 Å². The minimum Gasteiger partial charge on any atom is -0.373 e. The maximum Gasteiger partial charge on any atom is 0.0753 e. The zero-order valence-corrected chi connectivity index (χ0v) is 14.0. The highest BCUT2D eigenvalue weighted by atomic mass is 16.5. The Morgan fingerprint density at radius 2 is 2.10 bits per heavy atom. The fourth-order valence-corrected chi connectivity index (χ4v) is 4.35. The van der Waals surface area contributed by atoms with Crippen LogP contribution in [0.25, 0.3) is 0 Å². The molecule has 2 unspecified atom stereocenters. The Kier molecular flexibility index (Phi) is 5.14. The van der Waals surface area contributed by atoms with Gasteiger partial charge < -0.3 is 10.5 Å². The van der Waals surface area contributed by atoms with Crippen LogP contribution in [-0.2, 0) is 4.74 Å². The third-order valence-corrected chi connectivity index (χ3v) is 5.20. The van der Waals surface area contributed by atoms with Crippen molar-refractivity contribution in [3.8, 4) is 0 Å². The van der Waals surface area contributed by atoms with Crippen LogP contribution in [0, 0.1) is 11.8 Å². The van der Waals surface area contributed by atoms with Gasteiger partial charge in [-0.15, -0.1) is 0 Å². The van der Waals surface area contributed by atoms with Crippen molar-refractivity contribution in [2.45, 2.75) is 70.9 Å². The van der Waals surface area contributed by atoms with Gasteiger partial charge in [-0.1, -0.05) is 26.7 Å². The average molecular weight is 282 g/mol. The second kappa shape index (κ2) is 6.33. The van der Waals surface area contributed by atoms with Crippen LogP contribution in [0.2, 0.25) is 0 Å². The van der Waals surface area contributed by atoms with Crippen molar-refractivity contribution >= 4 is 0 Å². The van der Waals surface area contributed by atoms with E-state index in [1.165, 1.54) is 32.1 Å². The van der Waals surface area contributed by atoms with E-state index < -0.39 is 0 Å². The van der Waals surface area contributed by atoms with Gasteiger partial charge in [-0.2, -0.15) is 0 Å². The zero-order chi connectivity index (χ0) is 14.8. The van der Waals surface area contributed by atoms with Gasteiger partial charge in [0.25, 0.3) is 0 Å². The predicted octanol–water partition coefficient (Wildman–Crippen LogP) is 3.03. The van der Waals surface area contributed by atoms with Crippen LogP contribution < -0.4 is 5.73 Å². The van der Waals surface area contributed by atoms with E-state index in [-0.39, 0.29) is 11.1 Å². The van der Waals surface area contributed by atoms with Gasteiger partial charge >= 0.3 is 0 Å². The number of rotatable bonds is 4. The van der Waals surface area contributed by atoms with Crippen molar-refractivity contribution in [1.29, 1.82) is 0 Å². The van der Waals surface area contributed by atoms with Gasteiger partial charge in [0.2, 0.25) is 0 Å². The van der Waals surface area contributed by atoms with Crippen molar-refractivity contribution < 1.29 is 4.74 Å². The molecular formula is C17H34N2O. The zero-order valence-electron chi connectivity index (χ0n) is 14.0. The summed E-state index contributed by atoms with van der Waals surface area (Å²) in [5.74, 6) is 1.66. The number of morpholine rings is 1. The maximum absolute atomic E-state index is 6.27. The molecule has 2 rings (SSSR count). The third-order valence-electron chi connectivity index (χ3n) is 5.20. The molecular weight excluding hydrogens is 248 g/mol. The van der Waals surface area contributed by atoms with Crippen molar-refractivity contribution in [3.05, 3.63) is 0 Å². The summed E-state index contributed by atoms with van der Waals surface area (Å²) in [6, 6.07) is 0. The topological polar surface area (TPSA) is 38.5 Å². The third kappa shape index (κ3) is 3.75. The standard InChI is InChI=1S/C17H34N2O/c1-14(2)10-15-6-5-7-17(11-15,12-18)19-8-9-20-16(3,4)13-19/h14-15H,5-13,18H2,1-4H3. The molecule has 1 aliphatic heterocycles. The summed E-state index contributed by atoms with van der Waals surface area (Å²) in [7, 11) is 0. The predicted molar refractivity (Wildman–Crippen MR) is 84.8 cm³/mol. The van der Waals surface area contributed by atoms with E-state index in [4.69, 9.17) is 10.5 Å². The average Bonchev–Trinajstić information content (AvgIpc) is 2.37. The highest BCUT2D eigenvalue weighted by molar-refractivity contribution is 4.99. The lowest BCUT2D eigenvalue weighted by Gasteiger charge is -2.52. The summed E-state index contributed by atoms with van der Waals surface area (Å²) in [5.41, 5.74) is 6.48. The molecule has 3 nitrogen and oxygen atoms in total. The summed E-state index contributed by atoms with van der Waals surface area (Å²) in [4.78, 5) is 2.66. The second-order valence-corrected chi connectivity index (χ2v) is 8.05. The Morgan fingerprint density at radius 3 is 2.70 bits per heavy atom. The van der Waals surface area contributed by atoms with Crippen LogP contribution in [0.3, 0.4) is 0 Å². The Balaban J connectivity index is 2.07. The Hall–Kier alpha value is -0.120. The number of hydrogen-bond acceptors (Lipinski definition) is 3. The van der Waals surface area contributed by atoms with Gasteiger partial charge in [-0.3, -0.25) is 4.90 Å². The molecule has 1 saturated heterocycles. The second-order valence-electron chi connectivity index (χ2n) is 8.05. The van der Waals surface area contributed by atoms with E-state index >= 15 is 0 Å². The van der Waals surface area contributed by atoms with E-state index in [9.17, 15) is 0 Å². The molecule has 1 aliphatic carbocycles. The summed E-state index contributed by atoms with van der Waals surface area (Å²) >= 11 is 0. The van der Waals surface area contributed by atoms with Crippen molar-refractivity contribution in [3.63, 3.8) is 0 Å². The van der Waals surface area contributed by atoms with Crippen LogP contribution in [0.5, 0.6) is 0 Å². The first kappa shape index (κ1) is 16.3. The Labute approximate surface area is 125 Å². The van der Waals surface area contributed by atoms with Gasteiger partial charge in [0, 0.05) is 25.2 Å². The number of nitrogens with two attached hydrogens (primary N) is 1. The first-order valence-electron chi connectivity index (χ1n) is 8.46. The summed E-state index contributed by atoms with van der Waals surface area (Å²) in [5, 5.41) is 0. The van der Waals surface area contributed by atoms with Crippen molar-refractivity contribution in [2.24, 2.45) is 17.6 Å². The molecule has 2 N–H and O–H groups in total. The summed E-state index contributed by atoms with van der Waals surface area (Å²) in [6.45, 7) is 12.8. The van der Waals surface area contributed by atoms with Gasteiger partial charge in [-0.25, -0.2) is 0 Å². The highest BCUT2D eigenvalue weighted by Gasteiger charge is 2.43. The van der Waals surface area contributed by atoms with Crippen molar-refractivity contribution in [1.82, 2.24) is 4.90 Å². The molecule has 2 aliphatic rings. The van der Waals surface area contributed by atoms with E-state index in [0.717, 1.165) is 38.1 Å². The minimum absolute atomic E-state index is 0.0224. The van der Waals surface area contributed by atoms with Crippen LogP contribution in [0.4, 0.5) is 0 Å². The molecule has 1 saturated carbocycles. The highest BCUT2D eigenvalue weighted by Crippen LogP contribution is 2.40. The molecule has 0 aromatic heterocycles. The molecule has 2 fully saturated rings. The van der Waals surface area contributed by atoms with Crippen molar-refractivity contribution in [2.75, 3.05) is 26.2 Å². The van der Waals surface area contributed by atoms with Gasteiger partial charge in [0.05, 0.1) is 12.2 Å². The molecule has 0 radical (unpaired) electrons. The van der Waals surface area contributed by atoms with Crippen LogP contribution >= 0.6 is 0 Å². The van der Waals surface area contributed by atoms with E-state index in [1.54, 1.807) is 0 Å². The lowest BCUT2D eigenvalue weighted by molar-refractivity contribution is -0.125. The largest absolute Gasteiger partial charge is 0.373 e. The van der Waals surface area contributed by atoms with E-state index in [2.05, 4.69) is 32.6 Å². The normalized spacial score (nSPS) is 35.4. The quantitative estimate of drug-likeness (QED) is 0.861. The fraction of sp³-hybridized carbons (Fsp3) is 1.00. The molecule has 20 heavy (non-hydrogen) atoms. The lowest BCUT2D eigenvalue weighted by Crippen LogP contribution is -2.63. The van der Waals surface area contributed by atoms with Crippen LogP contribution in [0.15, 0.2) is 0 Å². The number of hydrogen-bond donors (Lipinski definition) is 1. The van der Waals surface area contributed by atoms with Gasteiger partial charge in [0.1, 0.15) is 0 Å². The monoisotopic (exact) mass is 282 g/mol. The Bertz CT molecular complexity index is 316. The Morgan fingerprint density at radius 1 is 1.35 bits per heavy atom. The molecule has 118 valence electrons. The number of nitrogens with zero attached hydrogens (tertiary/aromatic N) is 1. The molecule has 3 heteroatoms. The molecule has 1 heterocycles. The smallest absolute Gasteiger partial charge is 0.0753 e. The summed E-state index contributed by atoms with van der Waals surface area (Å²) < 4.78 is 5.88. The summed E-state index contributed by atoms with van der Waals surface area (Å²) in [6.07, 6.45) is 6.65. The van der Waals surface area contributed by atoms with Gasteiger partial charge in [0.15, 0.2) is 0 Å². The molecule has 2 atom stereocenters. The first-order chi connectivity index (χ1) is 9.37. The fourth-order valence-electron chi connectivity index (χ4n) is 4.35. The SMILES string of the molecule is CC(C)CC1CCCC(CN)(N2CCOC(C)(C)C2)C1. The molecule has 0 spiro atoms. The minimum atomic E-state index is -0.0224. The van der Waals surface area contributed by atoms with E-state index in [1.807, 2.05) is 0 Å². The van der Waals surface area contributed by atoms with Crippen LogP contribution in [-0.4, -0.2) is 42.3 Å². The lowest BCUT2D eigenvalue weighted by atomic mass is 9.71. The maximum atomic E-state index is 6.27. The number of ether oxygens (including phenoxy) is 1. The molecule has 0 amide bonds. The van der Waals surface area contributed by atoms with Gasteiger partial charge in [-0.05, 0) is 44.9 Å². The van der Waals surface area contributed by atoms with E-state index in [0.29, 0.717) is 0 Å².